The van der Waals surface area contributed by atoms with Gasteiger partial charge in [0, 0.05) is 38.6 Å². The van der Waals surface area contributed by atoms with Crippen molar-refractivity contribution in [2.75, 3.05) is 25.0 Å². The van der Waals surface area contributed by atoms with Crippen LogP contribution in [0.4, 0.5) is 5.69 Å². The number of pyridine rings is 1. The molecule has 130 valence electrons. The van der Waals surface area contributed by atoms with Crippen LogP contribution in [-0.4, -0.2) is 39.3 Å². The molecular formula is C20H25N5. The van der Waals surface area contributed by atoms with E-state index in [9.17, 15) is 0 Å². The van der Waals surface area contributed by atoms with E-state index in [1.165, 1.54) is 12.0 Å². The van der Waals surface area contributed by atoms with Crippen LogP contribution in [0.15, 0.2) is 48.8 Å². The van der Waals surface area contributed by atoms with Crippen molar-refractivity contribution in [3.8, 4) is 0 Å². The zero-order chi connectivity index (χ0) is 17.3. The summed E-state index contributed by atoms with van der Waals surface area (Å²) < 4.78 is 1.82. The predicted molar refractivity (Wildman–Crippen MR) is 101 cm³/mol. The Balaban J connectivity index is 1.41. The summed E-state index contributed by atoms with van der Waals surface area (Å²) in [6.45, 7) is 6.67. The van der Waals surface area contributed by atoms with Crippen LogP contribution in [-0.2, 0) is 13.6 Å². The Morgan fingerprint density at radius 1 is 1.20 bits per heavy atom. The van der Waals surface area contributed by atoms with Crippen LogP contribution in [0.3, 0.4) is 0 Å². The molecule has 0 bridgehead atoms. The third kappa shape index (κ3) is 3.37. The van der Waals surface area contributed by atoms with Crippen molar-refractivity contribution >= 4 is 16.7 Å². The van der Waals surface area contributed by atoms with E-state index in [1.807, 2.05) is 30.2 Å². The molecule has 1 atom stereocenters. The monoisotopic (exact) mass is 335 g/mol. The lowest BCUT2D eigenvalue weighted by Gasteiger charge is -2.26. The Morgan fingerprint density at radius 2 is 2.04 bits per heavy atom. The van der Waals surface area contributed by atoms with Gasteiger partial charge >= 0.3 is 0 Å². The van der Waals surface area contributed by atoms with E-state index < -0.39 is 0 Å². The summed E-state index contributed by atoms with van der Waals surface area (Å²) in [4.78, 5) is 6.97. The zero-order valence-corrected chi connectivity index (χ0v) is 14.9. The highest BCUT2D eigenvalue weighted by Gasteiger charge is 2.33. The second-order valence-corrected chi connectivity index (χ2v) is 7.47. The van der Waals surface area contributed by atoms with E-state index in [2.05, 4.69) is 57.6 Å². The molecular weight excluding hydrogens is 310 g/mol. The summed E-state index contributed by atoms with van der Waals surface area (Å²) in [7, 11) is 1.93. The number of hydrogen-bond acceptors (Lipinski definition) is 4. The summed E-state index contributed by atoms with van der Waals surface area (Å²) in [5.74, 6) is 0. The molecule has 0 amide bonds. The number of aryl methyl sites for hydroxylation is 1. The van der Waals surface area contributed by atoms with Gasteiger partial charge in [-0.25, -0.2) is 4.98 Å². The Kier molecular flexibility index (Phi) is 4.17. The molecule has 0 spiro atoms. The van der Waals surface area contributed by atoms with Crippen LogP contribution >= 0.6 is 0 Å². The normalized spacial score (nSPS) is 21.0. The van der Waals surface area contributed by atoms with Crippen LogP contribution in [0.5, 0.6) is 0 Å². The Labute approximate surface area is 148 Å². The molecule has 5 heteroatoms. The number of nitrogens with one attached hydrogen (secondary N) is 1. The van der Waals surface area contributed by atoms with Crippen molar-refractivity contribution < 1.29 is 0 Å². The predicted octanol–water partition coefficient (Wildman–Crippen LogP) is 3.29. The summed E-state index contributed by atoms with van der Waals surface area (Å²) in [6.07, 6.45) is 4.96. The van der Waals surface area contributed by atoms with E-state index in [-0.39, 0.29) is 5.41 Å². The SMILES string of the molecule is Cn1ncc2c(NCC3(C)CCN(Cc4ccccc4)C3)ccnc21. The van der Waals surface area contributed by atoms with Crippen LogP contribution in [0.2, 0.25) is 0 Å². The topological polar surface area (TPSA) is 46.0 Å². The van der Waals surface area contributed by atoms with E-state index in [4.69, 9.17) is 0 Å². The molecule has 3 aromatic rings. The third-order valence-corrected chi connectivity index (χ3v) is 5.23. The smallest absolute Gasteiger partial charge is 0.159 e. The van der Waals surface area contributed by atoms with Gasteiger partial charge in [-0.2, -0.15) is 5.10 Å². The lowest BCUT2D eigenvalue weighted by Crippen LogP contribution is -2.30. The second kappa shape index (κ2) is 6.48. The molecule has 1 aliphatic rings. The van der Waals surface area contributed by atoms with Gasteiger partial charge in [-0.1, -0.05) is 37.3 Å². The van der Waals surface area contributed by atoms with Gasteiger partial charge in [-0.05, 0) is 30.0 Å². The fourth-order valence-corrected chi connectivity index (χ4v) is 3.76. The average Bonchev–Trinajstić information content (AvgIpc) is 3.18. The third-order valence-electron chi connectivity index (χ3n) is 5.23. The van der Waals surface area contributed by atoms with E-state index in [0.717, 1.165) is 42.9 Å². The van der Waals surface area contributed by atoms with Gasteiger partial charge in [0.05, 0.1) is 11.6 Å². The van der Waals surface area contributed by atoms with Gasteiger partial charge in [0.25, 0.3) is 0 Å². The van der Waals surface area contributed by atoms with Crippen molar-refractivity contribution in [3.05, 3.63) is 54.4 Å². The molecule has 1 fully saturated rings. The van der Waals surface area contributed by atoms with Gasteiger partial charge in [-0.3, -0.25) is 9.58 Å². The van der Waals surface area contributed by atoms with Crippen LogP contribution in [0.25, 0.3) is 11.0 Å². The zero-order valence-electron chi connectivity index (χ0n) is 14.9. The number of rotatable bonds is 5. The van der Waals surface area contributed by atoms with Crippen molar-refractivity contribution in [3.63, 3.8) is 0 Å². The quantitative estimate of drug-likeness (QED) is 0.777. The minimum atomic E-state index is 0.284. The number of benzene rings is 1. The van der Waals surface area contributed by atoms with Crippen molar-refractivity contribution in [2.24, 2.45) is 12.5 Å². The first-order valence-electron chi connectivity index (χ1n) is 8.90. The minimum absolute atomic E-state index is 0.284. The van der Waals surface area contributed by atoms with Crippen LogP contribution in [0, 0.1) is 5.41 Å². The van der Waals surface area contributed by atoms with Gasteiger partial charge in [0.1, 0.15) is 0 Å². The molecule has 1 aliphatic heterocycles. The highest BCUT2D eigenvalue weighted by Crippen LogP contribution is 2.32. The number of nitrogens with zero attached hydrogens (tertiary/aromatic N) is 4. The number of aromatic nitrogens is 3. The molecule has 0 saturated carbocycles. The van der Waals surface area contributed by atoms with Gasteiger partial charge in [0.15, 0.2) is 5.65 Å². The number of likely N-dealkylation sites (tertiary alicyclic amines) is 1. The maximum atomic E-state index is 4.41. The summed E-state index contributed by atoms with van der Waals surface area (Å²) in [5, 5.41) is 9.06. The van der Waals surface area contributed by atoms with Crippen molar-refractivity contribution in [1.29, 1.82) is 0 Å². The first-order chi connectivity index (χ1) is 12.1. The molecule has 2 aromatic heterocycles. The van der Waals surface area contributed by atoms with Crippen molar-refractivity contribution in [1.82, 2.24) is 19.7 Å². The molecule has 5 nitrogen and oxygen atoms in total. The summed E-state index contributed by atoms with van der Waals surface area (Å²) >= 11 is 0. The molecule has 3 heterocycles. The molecule has 1 saturated heterocycles. The maximum Gasteiger partial charge on any atom is 0.159 e. The largest absolute Gasteiger partial charge is 0.384 e. The lowest BCUT2D eigenvalue weighted by molar-refractivity contribution is 0.278. The second-order valence-electron chi connectivity index (χ2n) is 7.47. The summed E-state index contributed by atoms with van der Waals surface area (Å²) in [5.41, 5.74) is 3.73. The molecule has 4 rings (SSSR count). The highest BCUT2D eigenvalue weighted by molar-refractivity contribution is 5.88. The van der Waals surface area contributed by atoms with Crippen LogP contribution < -0.4 is 5.32 Å². The molecule has 1 N–H and O–H groups in total. The maximum absolute atomic E-state index is 4.41. The first-order valence-corrected chi connectivity index (χ1v) is 8.90. The van der Waals surface area contributed by atoms with Gasteiger partial charge in [-0.15, -0.1) is 0 Å². The van der Waals surface area contributed by atoms with E-state index in [0.29, 0.717) is 0 Å². The molecule has 0 aliphatic carbocycles. The Hall–Kier alpha value is -2.40. The number of fused-ring (bicyclic) bond motifs is 1. The number of anilines is 1. The van der Waals surface area contributed by atoms with E-state index >= 15 is 0 Å². The minimum Gasteiger partial charge on any atom is -0.384 e. The van der Waals surface area contributed by atoms with Crippen LogP contribution in [0.1, 0.15) is 18.9 Å². The fourth-order valence-electron chi connectivity index (χ4n) is 3.76. The molecule has 1 aromatic carbocycles. The Morgan fingerprint density at radius 3 is 2.88 bits per heavy atom. The molecule has 1 unspecified atom stereocenters. The van der Waals surface area contributed by atoms with Crippen molar-refractivity contribution in [2.45, 2.75) is 19.9 Å². The lowest BCUT2D eigenvalue weighted by atomic mass is 9.89. The first kappa shape index (κ1) is 16.1. The van der Waals surface area contributed by atoms with Gasteiger partial charge in [0.2, 0.25) is 0 Å². The van der Waals surface area contributed by atoms with Gasteiger partial charge < -0.3 is 5.32 Å². The fraction of sp³-hybridized carbons (Fsp3) is 0.400. The average molecular weight is 335 g/mol. The van der Waals surface area contributed by atoms with E-state index in [1.54, 1.807) is 0 Å². The highest BCUT2D eigenvalue weighted by atomic mass is 15.3. The standard InChI is InChI=1S/C20H25N5/c1-20(9-11-25(15-20)13-16-6-4-3-5-7-16)14-22-18-8-10-21-19-17(18)12-23-24(19)2/h3-8,10,12H,9,11,13-15H2,1-2H3,(H,21,22). The molecule has 25 heavy (non-hydrogen) atoms. The number of hydrogen-bond donors (Lipinski definition) is 1. The Bertz CT molecular complexity index is 857. The molecule has 0 radical (unpaired) electrons. The summed E-state index contributed by atoms with van der Waals surface area (Å²) in [6, 6.07) is 12.8.